The molecule has 2 rings (SSSR count). The van der Waals surface area contributed by atoms with Gasteiger partial charge in [0.15, 0.2) is 5.78 Å². The summed E-state index contributed by atoms with van der Waals surface area (Å²) in [6.45, 7) is 6.50. The number of benzene rings is 2. The zero-order valence-electron chi connectivity index (χ0n) is 15.3. The molecule has 1 atom stereocenters. The molecule has 0 aliphatic carbocycles. The van der Waals surface area contributed by atoms with E-state index in [1.54, 1.807) is 24.3 Å². The number of rotatable bonds is 7. The Morgan fingerprint density at radius 3 is 2.12 bits per heavy atom. The number of carbonyl (C=O) groups is 2. The van der Waals surface area contributed by atoms with Crippen LogP contribution in [-0.2, 0) is 16.8 Å². The average molecular weight is 357 g/mol. The molecule has 4 nitrogen and oxygen atoms in total. The number of carboxylic acid groups (broad SMARTS) is 1. The summed E-state index contributed by atoms with van der Waals surface area (Å²) in [5, 5.41) is 12.2. The molecular weight excluding hydrogens is 333 g/mol. The molecule has 0 fully saturated rings. The quantitative estimate of drug-likeness (QED) is 0.737. The second-order valence-corrected chi connectivity index (χ2v) is 7.35. The number of carboxylic acids is 1. The van der Waals surface area contributed by atoms with E-state index in [1.165, 1.54) is 12.1 Å². The highest BCUT2D eigenvalue weighted by atomic mass is 19.1. The second kappa shape index (κ2) is 8.23. The lowest BCUT2D eigenvalue weighted by Crippen LogP contribution is -2.38. The first-order valence-corrected chi connectivity index (χ1v) is 8.51. The molecule has 2 aromatic rings. The SMILES string of the molecule is CC(C)(C)c1ccc(C(=O)CC(NCc2ccc(F)cc2)C(=O)O)cc1. The first-order chi connectivity index (χ1) is 12.2. The molecular formula is C21H24FNO3. The number of halogens is 1. The molecule has 5 heteroatoms. The Labute approximate surface area is 153 Å². The van der Waals surface area contributed by atoms with Crippen LogP contribution in [0.15, 0.2) is 48.5 Å². The summed E-state index contributed by atoms with van der Waals surface area (Å²) in [6.07, 6.45) is -0.147. The molecule has 0 amide bonds. The van der Waals surface area contributed by atoms with E-state index in [4.69, 9.17) is 0 Å². The highest BCUT2D eigenvalue weighted by molar-refractivity contribution is 5.98. The van der Waals surface area contributed by atoms with E-state index >= 15 is 0 Å². The van der Waals surface area contributed by atoms with Crippen LogP contribution in [0.4, 0.5) is 4.39 Å². The van der Waals surface area contributed by atoms with E-state index in [2.05, 4.69) is 26.1 Å². The van der Waals surface area contributed by atoms with Gasteiger partial charge in [0.2, 0.25) is 0 Å². The molecule has 26 heavy (non-hydrogen) atoms. The third-order valence-corrected chi connectivity index (χ3v) is 4.23. The van der Waals surface area contributed by atoms with Gasteiger partial charge >= 0.3 is 5.97 Å². The number of ketones is 1. The Hall–Kier alpha value is -2.53. The van der Waals surface area contributed by atoms with Crippen LogP contribution in [0.1, 0.15) is 48.7 Å². The summed E-state index contributed by atoms with van der Waals surface area (Å²) >= 11 is 0. The van der Waals surface area contributed by atoms with Gasteiger partial charge in [-0.3, -0.25) is 14.9 Å². The molecule has 138 valence electrons. The molecule has 0 spiro atoms. The normalized spacial score (nSPS) is 12.6. The van der Waals surface area contributed by atoms with Crippen molar-refractivity contribution >= 4 is 11.8 Å². The van der Waals surface area contributed by atoms with Crippen molar-refractivity contribution in [1.82, 2.24) is 5.32 Å². The fraction of sp³-hybridized carbons (Fsp3) is 0.333. The van der Waals surface area contributed by atoms with E-state index in [9.17, 15) is 19.1 Å². The van der Waals surface area contributed by atoms with Crippen molar-refractivity contribution in [3.63, 3.8) is 0 Å². The Kier molecular flexibility index (Phi) is 6.27. The molecule has 0 saturated heterocycles. The molecule has 0 bridgehead atoms. The van der Waals surface area contributed by atoms with Crippen molar-refractivity contribution in [3.05, 3.63) is 71.0 Å². The van der Waals surface area contributed by atoms with Crippen LogP contribution < -0.4 is 5.32 Å². The fourth-order valence-electron chi connectivity index (χ4n) is 2.55. The van der Waals surface area contributed by atoms with Crippen molar-refractivity contribution < 1.29 is 19.1 Å². The minimum Gasteiger partial charge on any atom is -0.480 e. The Morgan fingerprint density at radius 2 is 1.62 bits per heavy atom. The van der Waals surface area contributed by atoms with Gasteiger partial charge in [0.1, 0.15) is 11.9 Å². The maximum absolute atomic E-state index is 12.9. The smallest absolute Gasteiger partial charge is 0.321 e. The predicted octanol–water partition coefficient (Wildman–Crippen LogP) is 3.94. The van der Waals surface area contributed by atoms with Crippen LogP contribution in [0.2, 0.25) is 0 Å². The molecule has 2 aromatic carbocycles. The van der Waals surface area contributed by atoms with E-state index in [0.717, 1.165) is 11.1 Å². The second-order valence-electron chi connectivity index (χ2n) is 7.35. The summed E-state index contributed by atoms with van der Waals surface area (Å²) in [5.41, 5.74) is 2.34. The van der Waals surface area contributed by atoms with Crippen LogP contribution >= 0.6 is 0 Å². The van der Waals surface area contributed by atoms with Crippen LogP contribution in [0, 0.1) is 5.82 Å². The minimum absolute atomic E-state index is 0.0120. The monoisotopic (exact) mass is 357 g/mol. The van der Waals surface area contributed by atoms with Crippen molar-refractivity contribution in [2.24, 2.45) is 0 Å². The van der Waals surface area contributed by atoms with Gasteiger partial charge in [-0.15, -0.1) is 0 Å². The zero-order chi connectivity index (χ0) is 19.3. The highest BCUT2D eigenvalue weighted by Gasteiger charge is 2.22. The predicted molar refractivity (Wildman–Crippen MR) is 98.8 cm³/mol. The van der Waals surface area contributed by atoms with Crippen molar-refractivity contribution in [1.29, 1.82) is 0 Å². The summed E-state index contributed by atoms with van der Waals surface area (Å²) in [7, 11) is 0. The van der Waals surface area contributed by atoms with Gasteiger partial charge in [-0.1, -0.05) is 57.2 Å². The fourth-order valence-corrected chi connectivity index (χ4v) is 2.55. The average Bonchev–Trinajstić information content (AvgIpc) is 2.59. The molecule has 0 aliphatic rings. The van der Waals surface area contributed by atoms with E-state index in [0.29, 0.717) is 5.56 Å². The van der Waals surface area contributed by atoms with Gasteiger partial charge in [-0.2, -0.15) is 0 Å². The number of hydrogen-bond donors (Lipinski definition) is 2. The lowest BCUT2D eigenvalue weighted by atomic mass is 9.86. The lowest BCUT2D eigenvalue weighted by molar-refractivity contribution is -0.139. The Bertz CT molecular complexity index is 761. The minimum atomic E-state index is -1.09. The number of Topliss-reactive ketones (excluding diaryl/α,β-unsaturated/α-hetero) is 1. The molecule has 1 unspecified atom stereocenters. The first-order valence-electron chi connectivity index (χ1n) is 8.51. The van der Waals surface area contributed by atoms with Crippen LogP contribution in [-0.4, -0.2) is 22.9 Å². The number of nitrogens with one attached hydrogen (secondary N) is 1. The van der Waals surface area contributed by atoms with Gasteiger partial charge in [-0.25, -0.2) is 4.39 Å². The van der Waals surface area contributed by atoms with Crippen LogP contribution in [0.3, 0.4) is 0 Å². The van der Waals surface area contributed by atoms with Crippen LogP contribution in [0.5, 0.6) is 0 Å². The van der Waals surface area contributed by atoms with Gasteiger partial charge in [0, 0.05) is 18.5 Å². The summed E-state index contributed by atoms with van der Waals surface area (Å²) in [6, 6.07) is 12.1. The van der Waals surface area contributed by atoms with Crippen LogP contribution in [0.25, 0.3) is 0 Å². The van der Waals surface area contributed by atoms with Gasteiger partial charge in [-0.05, 0) is 28.7 Å². The molecule has 0 heterocycles. The molecule has 0 aromatic heterocycles. The third kappa shape index (κ3) is 5.49. The zero-order valence-corrected chi connectivity index (χ0v) is 15.3. The third-order valence-electron chi connectivity index (χ3n) is 4.23. The number of aliphatic carboxylic acids is 1. The Morgan fingerprint density at radius 1 is 1.04 bits per heavy atom. The largest absolute Gasteiger partial charge is 0.480 e. The van der Waals surface area contributed by atoms with Crippen molar-refractivity contribution in [2.45, 2.75) is 45.2 Å². The van der Waals surface area contributed by atoms with E-state index in [-0.39, 0.29) is 30.0 Å². The highest BCUT2D eigenvalue weighted by Crippen LogP contribution is 2.22. The first kappa shape index (κ1) is 19.8. The summed E-state index contributed by atoms with van der Waals surface area (Å²) in [4.78, 5) is 23.9. The number of hydrogen-bond acceptors (Lipinski definition) is 3. The van der Waals surface area contributed by atoms with E-state index < -0.39 is 12.0 Å². The molecule has 0 radical (unpaired) electrons. The number of carbonyl (C=O) groups excluding carboxylic acids is 1. The Balaban J connectivity index is 2.01. The maximum Gasteiger partial charge on any atom is 0.321 e. The topological polar surface area (TPSA) is 66.4 Å². The van der Waals surface area contributed by atoms with Gasteiger partial charge in [0.25, 0.3) is 0 Å². The van der Waals surface area contributed by atoms with E-state index in [1.807, 2.05) is 12.1 Å². The van der Waals surface area contributed by atoms with Crippen molar-refractivity contribution in [2.75, 3.05) is 0 Å². The molecule has 2 N–H and O–H groups in total. The lowest BCUT2D eigenvalue weighted by Gasteiger charge is -2.19. The summed E-state index contributed by atoms with van der Waals surface area (Å²) in [5.74, 6) is -1.67. The standard InChI is InChI=1S/C21H24FNO3/c1-21(2,3)16-8-6-15(7-9-16)19(24)12-18(20(25)26)23-13-14-4-10-17(22)11-5-14/h4-11,18,23H,12-13H2,1-3H3,(H,25,26). The molecule has 0 saturated carbocycles. The van der Waals surface area contributed by atoms with Gasteiger partial charge < -0.3 is 5.11 Å². The maximum atomic E-state index is 12.9. The summed E-state index contributed by atoms with van der Waals surface area (Å²) < 4.78 is 12.9. The molecule has 0 aliphatic heterocycles. The van der Waals surface area contributed by atoms with Crippen molar-refractivity contribution in [3.8, 4) is 0 Å². The van der Waals surface area contributed by atoms with Gasteiger partial charge in [0.05, 0.1) is 0 Å².